The van der Waals surface area contributed by atoms with Gasteiger partial charge in [-0.1, -0.05) is 11.6 Å². The summed E-state index contributed by atoms with van der Waals surface area (Å²) in [5.41, 5.74) is 6.93. The molecule has 1 aliphatic heterocycles. The van der Waals surface area contributed by atoms with Crippen LogP contribution in [0.15, 0.2) is 12.1 Å². The molecule has 0 amide bonds. The molecule has 0 radical (unpaired) electrons. The zero-order chi connectivity index (χ0) is 14.7. The van der Waals surface area contributed by atoms with Crippen LogP contribution in [-0.2, 0) is 0 Å². The van der Waals surface area contributed by atoms with Crippen LogP contribution in [0.25, 0.3) is 0 Å². The monoisotopic (exact) mass is 299 g/mol. The normalized spacial score (nSPS) is 19.0. The number of likely N-dealkylation sites (N-methyl/N-ethyl adjacent to an activating group) is 1. The van der Waals surface area contributed by atoms with Gasteiger partial charge in [0, 0.05) is 38.8 Å². The Morgan fingerprint density at radius 2 is 2.00 bits per heavy atom. The van der Waals surface area contributed by atoms with Crippen molar-refractivity contribution < 1.29 is 9.84 Å². The molecule has 5 nitrogen and oxygen atoms in total. The summed E-state index contributed by atoms with van der Waals surface area (Å²) in [4.78, 5) is 4.65. The maximum Gasteiger partial charge on any atom is 0.176 e. The van der Waals surface area contributed by atoms with E-state index in [0.29, 0.717) is 17.3 Å². The molecule has 0 aliphatic carbocycles. The highest BCUT2D eigenvalue weighted by Gasteiger charge is 2.24. The van der Waals surface area contributed by atoms with E-state index in [1.165, 1.54) is 7.11 Å². The fourth-order valence-corrected chi connectivity index (χ4v) is 2.79. The molecule has 1 aromatic carbocycles. The first kappa shape index (κ1) is 15.4. The Bertz CT molecular complexity index is 462. The second kappa shape index (κ2) is 6.63. The highest BCUT2D eigenvalue weighted by molar-refractivity contribution is 6.32. The Kier molecular flexibility index (Phi) is 5.10. The number of nitrogens with zero attached hydrogens (tertiary/aromatic N) is 2. The zero-order valence-corrected chi connectivity index (χ0v) is 12.7. The van der Waals surface area contributed by atoms with E-state index in [0.717, 1.165) is 31.7 Å². The summed E-state index contributed by atoms with van der Waals surface area (Å²) >= 11 is 6.06. The van der Waals surface area contributed by atoms with Crippen LogP contribution in [0.1, 0.15) is 11.6 Å². The van der Waals surface area contributed by atoms with Gasteiger partial charge in [-0.05, 0) is 24.7 Å². The Labute approximate surface area is 124 Å². The largest absolute Gasteiger partial charge is 0.503 e. The third kappa shape index (κ3) is 3.17. The molecule has 1 fully saturated rings. The third-order valence-corrected chi connectivity index (χ3v) is 4.15. The minimum Gasteiger partial charge on any atom is -0.503 e. The summed E-state index contributed by atoms with van der Waals surface area (Å²) in [6.07, 6.45) is 0. The Morgan fingerprint density at radius 3 is 2.55 bits per heavy atom. The average molecular weight is 300 g/mol. The molecule has 1 atom stereocenters. The average Bonchev–Trinajstić information content (AvgIpc) is 2.45. The number of aromatic hydroxyl groups is 1. The van der Waals surface area contributed by atoms with Gasteiger partial charge in [0.1, 0.15) is 0 Å². The quantitative estimate of drug-likeness (QED) is 0.877. The first-order chi connectivity index (χ1) is 9.56. The fourth-order valence-electron chi connectivity index (χ4n) is 2.57. The van der Waals surface area contributed by atoms with E-state index >= 15 is 0 Å². The van der Waals surface area contributed by atoms with Crippen molar-refractivity contribution in [1.29, 1.82) is 0 Å². The van der Waals surface area contributed by atoms with E-state index in [1.807, 2.05) is 6.07 Å². The van der Waals surface area contributed by atoms with Gasteiger partial charge in [-0.15, -0.1) is 0 Å². The fraction of sp³-hybridized carbons (Fsp3) is 0.571. The number of methoxy groups -OCH3 is 1. The van der Waals surface area contributed by atoms with Crippen molar-refractivity contribution in [3.8, 4) is 11.5 Å². The van der Waals surface area contributed by atoms with Crippen LogP contribution < -0.4 is 10.5 Å². The predicted molar refractivity (Wildman–Crippen MR) is 80.5 cm³/mol. The maximum atomic E-state index is 9.81. The van der Waals surface area contributed by atoms with E-state index < -0.39 is 0 Å². The Morgan fingerprint density at radius 1 is 1.35 bits per heavy atom. The van der Waals surface area contributed by atoms with Crippen LogP contribution in [0.3, 0.4) is 0 Å². The first-order valence-electron chi connectivity index (χ1n) is 6.76. The van der Waals surface area contributed by atoms with Gasteiger partial charge >= 0.3 is 0 Å². The summed E-state index contributed by atoms with van der Waals surface area (Å²) in [6.45, 7) is 4.51. The van der Waals surface area contributed by atoms with Crippen LogP contribution in [0, 0.1) is 0 Å². The van der Waals surface area contributed by atoms with Crippen LogP contribution in [0.4, 0.5) is 0 Å². The Hall–Kier alpha value is -1.01. The molecule has 3 N–H and O–H groups in total. The molecule has 1 aliphatic rings. The molecular formula is C14H22ClN3O2. The predicted octanol–water partition coefficient (Wildman–Crippen LogP) is 1.30. The second-order valence-corrected chi connectivity index (χ2v) is 5.55. The lowest BCUT2D eigenvalue weighted by atomic mass is 10.0. The number of benzene rings is 1. The van der Waals surface area contributed by atoms with Gasteiger partial charge in [0.25, 0.3) is 0 Å². The number of hydrogen-bond donors (Lipinski definition) is 2. The number of phenolic OH excluding ortho intramolecular Hbond substituents is 1. The van der Waals surface area contributed by atoms with E-state index in [-0.39, 0.29) is 11.8 Å². The summed E-state index contributed by atoms with van der Waals surface area (Å²) < 4.78 is 5.16. The SMILES string of the molecule is COc1cc(C(CN)N2CCN(C)CC2)cc(Cl)c1O. The van der Waals surface area contributed by atoms with E-state index in [2.05, 4.69) is 16.8 Å². The molecule has 1 saturated heterocycles. The van der Waals surface area contributed by atoms with Crippen molar-refractivity contribution in [2.75, 3.05) is 46.9 Å². The summed E-state index contributed by atoms with van der Waals surface area (Å²) in [5, 5.41) is 10.1. The van der Waals surface area contributed by atoms with Crippen molar-refractivity contribution in [1.82, 2.24) is 9.80 Å². The van der Waals surface area contributed by atoms with Crippen LogP contribution in [0.5, 0.6) is 11.5 Å². The Balaban J connectivity index is 2.25. The van der Waals surface area contributed by atoms with Gasteiger partial charge in [0.15, 0.2) is 11.5 Å². The third-order valence-electron chi connectivity index (χ3n) is 3.86. The maximum absolute atomic E-state index is 9.81. The van der Waals surface area contributed by atoms with Crippen LogP contribution >= 0.6 is 11.6 Å². The summed E-state index contributed by atoms with van der Waals surface area (Å²) in [6, 6.07) is 3.68. The first-order valence-corrected chi connectivity index (χ1v) is 7.13. The van der Waals surface area contributed by atoms with E-state index in [1.54, 1.807) is 6.07 Å². The lowest BCUT2D eigenvalue weighted by molar-refractivity contribution is 0.114. The number of piperazine rings is 1. The van der Waals surface area contributed by atoms with Gasteiger partial charge in [-0.25, -0.2) is 0 Å². The standard InChI is InChI=1S/C14H22ClN3O2/c1-17-3-5-18(6-4-17)12(9-16)10-7-11(15)14(19)13(8-10)20-2/h7-8,12,19H,3-6,9,16H2,1-2H3. The van der Waals surface area contributed by atoms with E-state index in [9.17, 15) is 5.11 Å². The molecule has 0 bridgehead atoms. The van der Waals surface area contributed by atoms with Gasteiger partial charge in [-0.2, -0.15) is 0 Å². The van der Waals surface area contributed by atoms with Crippen molar-refractivity contribution in [2.45, 2.75) is 6.04 Å². The van der Waals surface area contributed by atoms with Crippen molar-refractivity contribution in [3.63, 3.8) is 0 Å². The smallest absolute Gasteiger partial charge is 0.176 e. The van der Waals surface area contributed by atoms with Gasteiger partial charge < -0.3 is 20.5 Å². The van der Waals surface area contributed by atoms with Gasteiger partial charge in [0.2, 0.25) is 0 Å². The minimum atomic E-state index is -0.0212. The molecule has 0 saturated carbocycles. The molecule has 2 rings (SSSR count). The highest BCUT2D eigenvalue weighted by Crippen LogP contribution is 2.37. The van der Waals surface area contributed by atoms with Crippen molar-refractivity contribution >= 4 is 11.6 Å². The highest BCUT2D eigenvalue weighted by atomic mass is 35.5. The molecule has 20 heavy (non-hydrogen) atoms. The number of halogens is 1. The number of rotatable bonds is 4. The van der Waals surface area contributed by atoms with Gasteiger partial charge in [-0.3, -0.25) is 4.90 Å². The molecule has 6 heteroatoms. The number of ether oxygens (including phenoxy) is 1. The molecular weight excluding hydrogens is 278 g/mol. The van der Waals surface area contributed by atoms with Gasteiger partial charge in [0.05, 0.1) is 12.1 Å². The minimum absolute atomic E-state index is 0.0212. The topological polar surface area (TPSA) is 62.0 Å². The summed E-state index contributed by atoms with van der Waals surface area (Å²) in [5.74, 6) is 0.368. The van der Waals surface area contributed by atoms with Crippen LogP contribution in [-0.4, -0.2) is 61.8 Å². The molecule has 1 unspecified atom stereocenters. The van der Waals surface area contributed by atoms with Crippen LogP contribution in [0.2, 0.25) is 5.02 Å². The van der Waals surface area contributed by atoms with Crippen molar-refractivity contribution in [3.05, 3.63) is 22.7 Å². The molecule has 1 heterocycles. The molecule has 112 valence electrons. The molecule has 1 aromatic rings. The summed E-state index contributed by atoms with van der Waals surface area (Å²) in [7, 11) is 3.64. The lowest BCUT2D eigenvalue weighted by Crippen LogP contribution is -2.47. The lowest BCUT2D eigenvalue weighted by Gasteiger charge is -2.37. The van der Waals surface area contributed by atoms with E-state index in [4.69, 9.17) is 22.1 Å². The second-order valence-electron chi connectivity index (χ2n) is 5.14. The van der Waals surface area contributed by atoms with Crippen molar-refractivity contribution in [2.24, 2.45) is 5.73 Å². The number of hydrogen-bond acceptors (Lipinski definition) is 5. The molecule has 0 spiro atoms. The number of phenols is 1. The number of nitrogens with two attached hydrogens (primary N) is 1. The zero-order valence-electron chi connectivity index (χ0n) is 12.0. The molecule has 0 aromatic heterocycles.